The van der Waals surface area contributed by atoms with Gasteiger partial charge in [0.2, 0.25) is 17.7 Å². The highest BCUT2D eigenvalue weighted by Gasteiger charge is 2.57. The van der Waals surface area contributed by atoms with Crippen LogP contribution in [0.25, 0.3) is 0 Å². The third-order valence-corrected chi connectivity index (χ3v) is 10.2. The molecule has 6 rings (SSSR count). The highest BCUT2D eigenvalue weighted by atomic mass is 35.5. The number of nitrogens with zero attached hydrogens (tertiary/aromatic N) is 3. The van der Waals surface area contributed by atoms with Gasteiger partial charge in [0.15, 0.2) is 0 Å². The number of ether oxygens (including phenoxy) is 1. The molecule has 14 heteroatoms. The van der Waals surface area contributed by atoms with Gasteiger partial charge in [-0.05, 0) is 35.9 Å². The van der Waals surface area contributed by atoms with Gasteiger partial charge < -0.3 is 9.64 Å². The van der Waals surface area contributed by atoms with E-state index in [4.69, 9.17) is 16.3 Å². The van der Waals surface area contributed by atoms with Crippen LogP contribution in [0.1, 0.15) is 21.9 Å². The van der Waals surface area contributed by atoms with Crippen LogP contribution in [0.15, 0.2) is 58.4 Å². The summed E-state index contributed by atoms with van der Waals surface area (Å²) in [6, 6.07) is 10.7. The van der Waals surface area contributed by atoms with Gasteiger partial charge in [0.1, 0.15) is 11.8 Å². The second kappa shape index (κ2) is 10.6. The van der Waals surface area contributed by atoms with E-state index in [1.165, 1.54) is 10.6 Å². The monoisotopic (exact) mass is 623 g/mol. The zero-order valence-electron chi connectivity index (χ0n) is 21.1. The minimum Gasteiger partial charge on any atom is -0.378 e. The molecule has 0 aliphatic carbocycles. The van der Waals surface area contributed by atoms with Gasteiger partial charge in [0, 0.05) is 28.9 Å². The Labute approximate surface area is 244 Å². The fourth-order valence-corrected chi connectivity index (χ4v) is 8.31. The van der Waals surface area contributed by atoms with E-state index in [1.807, 2.05) is 0 Å². The van der Waals surface area contributed by atoms with E-state index in [0.717, 1.165) is 46.2 Å². The van der Waals surface area contributed by atoms with Gasteiger partial charge in [-0.25, -0.2) is 4.90 Å². The van der Waals surface area contributed by atoms with Gasteiger partial charge in [-0.2, -0.15) is 13.2 Å². The van der Waals surface area contributed by atoms with Crippen LogP contribution in [0.3, 0.4) is 0 Å². The molecule has 3 aromatic rings. The fourth-order valence-electron chi connectivity index (χ4n) is 5.41. The highest BCUT2D eigenvalue weighted by molar-refractivity contribution is 8.00. The Balaban J connectivity index is 1.43. The molecule has 1 aromatic heterocycles. The predicted molar refractivity (Wildman–Crippen MR) is 146 cm³/mol. The van der Waals surface area contributed by atoms with Gasteiger partial charge in [-0.1, -0.05) is 52.9 Å². The molecule has 41 heavy (non-hydrogen) atoms. The van der Waals surface area contributed by atoms with E-state index in [2.05, 4.69) is 0 Å². The number of thioether (sulfide) groups is 1. The number of hydrogen-bond donors (Lipinski definition) is 0. The number of imide groups is 1. The lowest BCUT2D eigenvalue weighted by Gasteiger charge is -2.31. The molecule has 8 nitrogen and oxygen atoms in total. The number of carbonyl (C=O) groups excluding carboxylic acids is 3. The van der Waals surface area contributed by atoms with Crippen LogP contribution < -0.4 is 9.77 Å². The van der Waals surface area contributed by atoms with Crippen molar-refractivity contribution < 1.29 is 32.3 Å². The Morgan fingerprint density at radius 2 is 1.73 bits per heavy atom. The summed E-state index contributed by atoms with van der Waals surface area (Å²) in [5.41, 5.74) is -0.546. The van der Waals surface area contributed by atoms with E-state index in [0.29, 0.717) is 46.8 Å². The predicted octanol–water partition coefficient (Wildman–Crippen LogP) is 4.24. The summed E-state index contributed by atoms with van der Waals surface area (Å²) in [6.45, 7) is 1.32. The topological polar surface area (TPSA) is 88.9 Å². The van der Waals surface area contributed by atoms with Crippen molar-refractivity contribution in [3.05, 3.63) is 79.2 Å². The van der Waals surface area contributed by atoms with Crippen molar-refractivity contribution in [1.82, 2.24) is 9.47 Å². The Morgan fingerprint density at radius 1 is 1.02 bits per heavy atom. The number of fused-ring (bicyclic) bond motifs is 2. The van der Waals surface area contributed by atoms with Crippen LogP contribution in [-0.2, 0) is 31.8 Å². The molecule has 2 aromatic carbocycles. The zero-order chi connectivity index (χ0) is 29.1. The van der Waals surface area contributed by atoms with Crippen LogP contribution in [0.4, 0.5) is 18.9 Å². The van der Waals surface area contributed by atoms with Gasteiger partial charge in [-0.15, -0.1) is 0 Å². The molecule has 0 bridgehead atoms. The van der Waals surface area contributed by atoms with E-state index in [-0.39, 0.29) is 18.1 Å². The number of rotatable bonds is 4. The molecule has 2 saturated heterocycles. The summed E-state index contributed by atoms with van der Waals surface area (Å²) >= 11 is 8.00. The average molecular weight is 624 g/mol. The molecular formula is C27H21ClF3N3O5S2. The molecule has 4 heterocycles. The van der Waals surface area contributed by atoms with E-state index < -0.39 is 45.5 Å². The minimum absolute atomic E-state index is 0.178. The summed E-state index contributed by atoms with van der Waals surface area (Å²) in [5.74, 6) is -3.36. The average Bonchev–Trinajstić information content (AvgIpc) is 3.39. The highest BCUT2D eigenvalue weighted by Crippen LogP contribution is 2.54. The second-order valence-electron chi connectivity index (χ2n) is 9.77. The van der Waals surface area contributed by atoms with Crippen molar-refractivity contribution in [3.8, 4) is 0 Å². The summed E-state index contributed by atoms with van der Waals surface area (Å²) in [6.07, 6.45) is -4.66. The van der Waals surface area contributed by atoms with Crippen molar-refractivity contribution >= 4 is 58.1 Å². The van der Waals surface area contributed by atoms with Crippen molar-refractivity contribution in [2.24, 2.45) is 5.92 Å². The number of morpholine rings is 1. The van der Waals surface area contributed by atoms with Crippen molar-refractivity contribution in [2.75, 3.05) is 31.2 Å². The number of amides is 3. The quantitative estimate of drug-likeness (QED) is 0.404. The number of anilines is 1. The summed E-state index contributed by atoms with van der Waals surface area (Å²) in [7, 11) is 0. The van der Waals surface area contributed by atoms with Crippen LogP contribution in [0, 0.1) is 5.92 Å². The SMILES string of the molecule is O=C(Cn1c2c(sc1=O)[C@@H](c1ccc(Cl)cc1)C1C(=O)N(c3cccc(C(F)(F)F)c3)C(=O)C1S2)N1CCOCC1. The smallest absolute Gasteiger partial charge is 0.378 e. The van der Waals surface area contributed by atoms with Crippen molar-refractivity contribution in [2.45, 2.75) is 28.9 Å². The lowest BCUT2D eigenvalue weighted by molar-refractivity contribution is -0.138. The number of thiazole rings is 1. The molecule has 0 saturated carbocycles. The Hall–Kier alpha value is -3.13. The van der Waals surface area contributed by atoms with Crippen LogP contribution in [0.2, 0.25) is 5.02 Å². The third-order valence-electron chi connectivity index (χ3n) is 7.37. The maximum absolute atomic E-state index is 13.9. The maximum atomic E-state index is 13.9. The first-order valence-corrected chi connectivity index (χ1v) is 14.7. The number of aromatic nitrogens is 1. The Bertz CT molecular complexity index is 1600. The first kappa shape index (κ1) is 28.0. The number of benzene rings is 2. The number of halogens is 4. The fraction of sp³-hybridized carbons (Fsp3) is 0.333. The molecule has 3 atom stereocenters. The summed E-state index contributed by atoms with van der Waals surface area (Å²) < 4.78 is 47.0. The second-order valence-corrected chi connectivity index (χ2v) is 12.3. The first-order chi connectivity index (χ1) is 19.5. The number of carbonyl (C=O) groups is 3. The molecule has 0 radical (unpaired) electrons. The summed E-state index contributed by atoms with van der Waals surface area (Å²) in [5, 5.41) is -0.184. The maximum Gasteiger partial charge on any atom is 0.416 e. The standard InChI is InChI=1S/C27H21ClF3N3O5S2/c28-16-6-4-14(5-7-16)19-20-21(24(37)34(23(20)36)17-3-1-2-15(12-17)27(29,30)31)40-25-22(19)41-26(38)33(25)13-18(35)32-8-10-39-11-9-32/h1-7,12,19-21H,8-11,13H2/t19-,20?,21?/m0/s1. The number of hydrogen-bond acceptors (Lipinski definition) is 7. The molecule has 2 fully saturated rings. The minimum atomic E-state index is -4.66. The van der Waals surface area contributed by atoms with Crippen LogP contribution >= 0.6 is 34.7 Å². The lowest BCUT2D eigenvalue weighted by Crippen LogP contribution is -2.43. The molecular weight excluding hydrogens is 603 g/mol. The molecule has 3 aliphatic heterocycles. The zero-order valence-corrected chi connectivity index (χ0v) is 23.5. The third kappa shape index (κ3) is 4.98. The molecule has 214 valence electrons. The van der Waals surface area contributed by atoms with Gasteiger partial charge in [-0.3, -0.25) is 23.7 Å². The van der Waals surface area contributed by atoms with Crippen LogP contribution in [0.5, 0.6) is 0 Å². The Morgan fingerprint density at radius 3 is 2.41 bits per heavy atom. The largest absolute Gasteiger partial charge is 0.416 e. The Kier molecular flexibility index (Phi) is 7.25. The molecule has 0 N–H and O–H groups in total. The molecule has 3 aliphatic rings. The van der Waals surface area contributed by atoms with E-state index in [9.17, 15) is 32.3 Å². The normalized spacial score (nSPS) is 22.6. The first-order valence-electron chi connectivity index (χ1n) is 12.6. The van der Waals surface area contributed by atoms with Gasteiger partial charge >= 0.3 is 11.0 Å². The molecule has 0 spiro atoms. The molecule has 2 unspecified atom stereocenters. The van der Waals surface area contributed by atoms with E-state index in [1.54, 1.807) is 29.2 Å². The van der Waals surface area contributed by atoms with E-state index >= 15 is 0 Å². The van der Waals surface area contributed by atoms with Gasteiger partial charge in [0.05, 0.1) is 35.4 Å². The lowest BCUT2D eigenvalue weighted by atomic mass is 9.83. The van der Waals surface area contributed by atoms with Gasteiger partial charge in [0.25, 0.3) is 0 Å². The van der Waals surface area contributed by atoms with Crippen molar-refractivity contribution in [1.29, 1.82) is 0 Å². The number of alkyl halides is 3. The van der Waals surface area contributed by atoms with Crippen molar-refractivity contribution in [3.63, 3.8) is 0 Å². The summed E-state index contributed by atoms with van der Waals surface area (Å²) in [4.78, 5) is 56.4. The molecule has 3 amide bonds. The van der Waals surface area contributed by atoms with Crippen LogP contribution in [-0.4, -0.2) is 58.7 Å².